The van der Waals surface area contributed by atoms with Gasteiger partial charge in [0.25, 0.3) is 5.91 Å². The van der Waals surface area contributed by atoms with E-state index in [-0.39, 0.29) is 29.6 Å². The van der Waals surface area contributed by atoms with E-state index in [4.69, 9.17) is 9.47 Å². The van der Waals surface area contributed by atoms with Gasteiger partial charge in [-0.25, -0.2) is 4.39 Å². The van der Waals surface area contributed by atoms with E-state index in [0.717, 1.165) is 18.2 Å². The minimum absolute atomic E-state index is 0.0987. The smallest absolute Gasteiger partial charge is 0.311 e. The zero-order valence-electron chi connectivity index (χ0n) is 13.2. The van der Waals surface area contributed by atoms with E-state index in [2.05, 4.69) is 0 Å². The third-order valence-electron chi connectivity index (χ3n) is 3.50. The molecule has 1 saturated heterocycles. The highest BCUT2D eigenvalue weighted by molar-refractivity contribution is 5.81. The van der Waals surface area contributed by atoms with Gasteiger partial charge in [0.1, 0.15) is 5.82 Å². The second-order valence-electron chi connectivity index (χ2n) is 5.63. The van der Waals surface area contributed by atoms with E-state index in [1.54, 1.807) is 4.90 Å². The Hall–Kier alpha value is -2.22. The SMILES string of the molecule is C[C@@H]1CN(C(=O)[C@@H](C)Oc2cc(F)ccc2[N+](=O)[O-])C[C@@H](C)O1. The maximum atomic E-state index is 13.3. The van der Waals surface area contributed by atoms with Crippen molar-refractivity contribution in [3.8, 4) is 5.75 Å². The zero-order valence-corrected chi connectivity index (χ0v) is 13.2. The molecule has 2 rings (SSSR count). The van der Waals surface area contributed by atoms with Gasteiger partial charge in [-0.3, -0.25) is 14.9 Å². The van der Waals surface area contributed by atoms with E-state index >= 15 is 0 Å². The Morgan fingerprint density at radius 2 is 2.04 bits per heavy atom. The maximum absolute atomic E-state index is 13.3. The van der Waals surface area contributed by atoms with E-state index in [1.807, 2.05) is 13.8 Å². The molecule has 23 heavy (non-hydrogen) atoms. The van der Waals surface area contributed by atoms with Crippen LogP contribution in [0.4, 0.5) is 10.1 Å². The number of amides is 1. The molecule has 1 heterocycles. The van der Waals surface area contributed by atoms with Crippen LogP contribution in [0.1, 0.15) is 20.8 Å². The van der Waals surface area contributed by atoms with Crippen LogP contribution in [-0.4, -0.2) is 47.1 Å². The summed E-state index contributed by atoms with van der Waals surface area (Å²) in [4.78, 5) is 24.3. The molecule has 0 bridgehead atoms. The first-order valence-corrected chi connectivity index (χ1v) is 7.32. The normalized spacial score (nSPS) is 22.5. The van der Waals surface area contributed by atoms with Crippen molar-refractivity contribution in [2.45, 2.75) is 39.1 Å². The molecule has 1 aromatic carbocycles. The van der Waals surface area contributed by atoms with E-state index in [0.29, 0.717) is 13.1 Å². The Bertz CT molecular complexity index is 600. The molecule has 0 aromatic heterocycles. The van der Waals surface area contributed by atoms with Gasteiger partial charge in [0, 0.05) is 25.2 Å². The summed E-state index contributed by atoms with van der Waals surface area (Å²) >= 11 is 0. The molecular weight excluding hydrogens is 307 g/mol. The van der Waals surface area contributed by atoms with Crippen molar-refractivity contribution in [3.63, 3.8) is 0 Å². The van der Waals surface area contributed by atoms with Gasteiger partial charge in [-0.2, -0.15) is 0 Å². The molecule has 0 aliphatic carbocycles. The highest BCUT2D eigenvalue weighted by Crippen LogP contribution is 2.28. The summed E-state index contributed by atoms with van der Waals surface area (Å²) in [5.41, 5.74) is -0.380. The van der Waals surface area contributed by atoms with Crippen LogP contribution in [0.3, 0.4) is 0 Å². The Labute approximate surface area is 133 Å². The number of ether oxygens (including phenoxy) is 2. The zero-order chi connectivity index (χ0) is 17.1. The second-order valence-corrected chi connectivity index (χ2v) is 5.63. The molecule has 0 saturated carbocycles. The molecule has 1 fully saturated rings. The van der Waals surface area contributed by atoms with Gasteiger partial charge in [-0.15, -0.1) is 0 Å². The van der Waals surface area contributed by atoms with Crippen LogP contribution in [0.15, 0.2) is 18.2 Å². The lowest BCUT2D eigenvalue weighted by Gasteiger charge is -2.36. The standard InChI is InChI=1S/C15H19FN2O5/c1-9-7-17(8-10(2)22-9)15(19)11(3)23-14-6-12(16)4-5-13(14)18(20)21/h4-6,9-11H,7-8H2,1-3H3/t9-,10-,11-/m1/s1. The Kier molecular flexibility index (Phi) is 5.15. The van der Waals surface area contributed by atoms with Gasteiger partial charge in [0.05, 0.1) is 17.1 Å². The minimum Gasteiger partial charge on any atom is -0.474 e. The summed E-state index contributed by atoms with van der Waals surface area (Å²) in [5.74, 6) is -1.24. The highest BCUT2D eigenvalue weighted by Gasteiger charge is 2.30. The molecular formula is C15H19FN2O5. The molecule has 0 spiro atoms. The molecule has 1 aliphatic rings. The monoisotopic (exact) mass is 326 g/mol. The summed E-state index contributed by atoms with van der Waals surface area (Å²) in [6, 6.07) is 2.90. The first-order chi connectivity index (χ1) is 10.8. The quantitative estimate of drug-likeness (QED) is 0.625. The van der Waals surface area contributed by atoms with Crippen LogP contribution in [-0.2, 0) is 9.53 Å². The lowest BCUT2D eigenvalue weighted by molar-refractivity contribution is -0.386. The number of rotatable bonds is 4. The maximum Gasteiger partial charge on any atom is 0.311 e. The predicted octanol–water partition coefficient (Wildman–Crippen LogP) is 2.14. The molecule has 1 aliphatic heterocycles. The van der Waals surface area contributed by atoms with Gasteiger partial charge in [0.2, 0.25) is 5.75 Å². The van der Waals surface area contributed by atoms with E-state index in [1.165, 1.54) is 6.92 Å². The molecule has 1 aromatic rings. The van der Waals surface area contributed by atoms with E-state index < -0.39 is 16.8 Å². The Morgan fingerprint density at radius 1 is 1.43 bits per heavy atom. The minimum atomic E-state index is -0.965. The predicted molar refractivity (Wildman–Crippen MR) is 79.7 cm³/mol. The van der Waals surface area contributed by atoms with Gasteiger partial charge >= 0.3 is 5.69 Å². The number of carbonyl (C=O) groups is 1. The fourth-order valence-corrected chi connectivity index (χ4v) is 2.59. The average Bonchev–Trinajstić information content (AvgIpc) is 2.45. The van der Waals surface area contributed by atoms with Crippen molar-refractivity contribution in [3.05, 3.63) is 34.1 Å². The lowest BCUT2D eigenvalue weighted by atomic mass is 10.2. The van der Waals surface area contributed by atoms with Crippen molar-refractivity contribution >= 4 is 11.6 Å². The first kappa shape index (κ1) is 17.1. The summed E-state index contributed by atoms with van der Waals surface area (Å²) in [6.07, 6.45) is -1.16. The number of hydrogen-bond donors (Lipinski definition) is 0. The van der Waals surface area contributed by atoms with Gasteiger partial charge in [-0.1, -0.05) is 0 Å². The molecule has 0 radical (unpaired) electrons. The highest BCUT2D eigenvalue weighted by atomic mass is 19.1. The number of halogens is 1. The third kappa shape index (κ3) is 4.16. The van der Waals surface area contributed by atoms with Crippen molar-refractivity contribution < 1.29 is 23.6 Å². The number of nitrogens with zero attached hydrogens (tertiary/aromatic N) is 2. The number of benzene rings is 1. The number of nitro benzene ring substituents is 1. The fourth-order valence-electron chi connectivity index (χ4n) is 2.59. The van der Waals surface area contributed by atoms with Crippen LogP contribution in [0, 0.1) is 15.9 Å². The number of carbonyl (C=O) groups excluding carboxylic acids is 1. The first-order valence-electron chi connectivity index (χ1n) is 7.32. The van der Waals surface area contributed by atoms with Crippen LogP contribution in [0.25, 0.3) is 0 Å². The third-order valence-corrected chi connectivity index (χ3v) is 3.50. The number of nitro groups is 1. The summed E-state index contributed by atoms with van der Waals surface area (Å²) < 4.78 is 24.2. The van der Waals surface area contributed by atoms with Crippen molar-refractivity contribution in [1.82, 2.24) is 4.90 Å². The van der Waals surface area contributed by atoms with Gasteiger partial charge in [0.15, 0.2) is 6.10 Å². The molecule has 0 N–H and O–H groups in total. The van der Waals surface area contributed by atoms with Gasteiger partial charge < -0.3 is 14.4 Å². The summed E-state index contributed by atoms with van der Waals surface area (Å²) in [7, 11) is 0. The van der Waals surface area contributed by atoms with Crippen LogP contribution < -0.4 is 4.74 Å². The van der Waals surface area contributed by atoms with Crippen molar-refractivity contribution in [1.29, 1.82) is 0 Å². The molecule has 7 nitrogen and oxygen atoms in total. The summed E-state index contributed by atoms with van der Waals surface area (Å²) in [6.45, 7) is 6.05. The number of hydrogen-bond acceptors (Lipinski definition) is 5. The topological polar surface area (TPSA) is 81.9 Å². The Balaban J connectivity index is 2.12. The Morgan fingerprint density at radius 3 is 2.61 bits per heavy atom. The molecule has 0 unspecified atom stereocenters. The van der Waals surface area contributed by atoms with Crippen LogP contribution >= 0.6 is 0 Å². The lowest BCUT2D eigenvalue weighted by Crippen LogP contribution is -2.51. The van der Waals surface area contributed by atoms with Crippen molar-refractivity contribution in [2.24, 2.45) is 0 Å². The summed E-state index contributed by atoms with van der Waals surface area (Å²) in [5, 5.41) is 11.0. The molecule has 1 amide bonds. The molecule has 126 valence electrons. The largest absolute Gasteiger partial charge is 0.474 e. The van der Waals surface area contributed by atoms with Crippen molar-refractivity contribution in [2.75, 3.05) is 13.1 Å². The fraction of sp³-hybridized carbons (Fsp3) is 0.533. The second kappa shape index (κ2) is 6.91. The molecule has 3 atom stereocenters. The van der Waals surface area contributed by atoms with Crippen LogP contribution in [0.2, 0.25) is 0 Å². The molecule has 8 heteroatoms. The van der Waals surface area contributed by atoms with Gasteiger partial charge in [-0.05, 0) is 26.8 Å². The number of morpholine rings is 1. The van der Waals surface area contributed by atoms with E-state index in [9.17, 15) is 19.3 Å². The van der Waals surface area contributed by atoms with Crippen LogP contribution in [0.5, 0.6) is 5.75 Å². The average molecular weight is 326 g/mol.